The minimum atomic E-state index is -0.0585. The number of carbonyl (C=O) groups is 1. The molecule has 134 valence electrons. The van der Waals surface area contributed by atoms with E-state index in [1.165, 1.54) is 17.7 Å². The molecule has 0 radical (unpaired) electrons. The van der Waals surface area contributed by atoms with Crippen LogP contribution in [-0.2, 0) is 4.79 Å². The molecule has 1 heterocycles. The molecule has 2 aromatic rings. The summed E-state index contributed by atoms with van der Waals surface area (Å²) in [4.78, 5) is 28.1. The Hall–Kier alpha value is -2.07. The SMILES string of the molecule is Cc1ccc(/C(=C/[C@H]2CCC(=O)C2)c2ccc(SC3CC3)cc2)[nH]c1=O. The Morgan fingerprint density at radius 3 is 2.46 bits per heavy atom. The van der Waals surface area contributed by atoms with Gasteiger partial charge in [0, 0.05) is 39.8 Å². The van der Waals surface area contributed by atoms with Crippen LogP contribution in [0.5, 0.6) is 0 Å². The fourth-order valence-electron chi connectivity index (χ4n) is 3.36. The number of aromatic amines is 1. The highest BCUT2D eigenvalue weighted by molar-refractivity contribution is 8.00. The van der Waals surface area contributed by atoms with Gasteiger partial charge >= 0.3 is 0 Å². The molecule has 1 aromatic heterocycles. The van der Waals surface area contributed by atoms with Gasteiger partial charge in [0.25, 0.3) is 5.56 Å². The normalized spacial score (nSPS) is 20.6. The Labute approximate surface area is 157 Å². The van der Waals surface area contributed by atoms with E-state index in [-0.39, 0.29) is 11.5 Å². The summed E-state index contributed by atoms with van der Waals surface area (Å²) in [5, 5.41) is 0.786. The number of carbonyl (C=O) groups excluding carboxylic acids is 1. The third kappa shape index (κ3) is 4.01. The molecule has 1 aromatic carbocycles. The summed E-state index contributed by atoms with van der Waals surface area (Å²) >= 11 is 1.94. The molecule has 0 aliphatic heterocycles. The number of ketones is 1. The van der Waals surface area contributed by atoms with Crippen LogP contribution in [-0.4, -0.2) is 16.0 Å². The van der Waals surface area contributed by atoms with Crippen molar-refractivity contribution in [2.45, 2.75) is 49.2 Å². The predicted molar refractivity (Wildman–Crippen MR) is 107 cm³/mol. The third-order valence-electron chi connectivity index (χ3n) is 5.08. The second-order valence-corrected chi connectivity index (χ2v) is 8.72. The highest BCUT2D eigenvalue weighted by atomic mass is 32.2. The van der Waals surface area contributed by atoms with Gasteiger partial charge in [-0.15, -0.1) is 11.8 Å². The third-order valence-corrected chi connectivity index (χ3v) is 6.42. The van der Waals surface area contributed by atoms with E-state index in [9.17, 15) is 9.59 Å². The van der Waals surface area contributed by atoms with Crippen LogP contribution < -0.4 is 5.56 Å². The van der Waals surface area contributed by atoms with Crippen molar-refractivity contribution in [1.29, 1.82) is 0 Å². The average molecular weight is 365 g/mol. The molecule has 4 heteroatoms. The van der Waals surface area contributed by atoms with Crippen LogP contribution in [0.25, 0.3) is 5.57 Å². The number of benzene rings is 1. The topological polar surface area (TPSA) is 49.9 Å². The highest BCUT2D eigenvalue weighted by Gasteiger charge is 2.23. The highest BCUT2D eigenvalue weighted by Crippen LogP contribution is 2.39. The van der Waals surface area contributed by atoms with Crippen molar-refractivity contribution >= 4 is 23.1 Å². The average Bonchev–Trinajstić information content (AvgIpc) is 3.35. The standard InChI is InChI=1S/C22H23NO2S/c1-14-2-11-21(23-22(14)25)20(13-15-3-6-17(24)12-15)16-4-7-18(8-5-16)26-19-9-10-19/h2,4-5,7-8,11,13,15,19H,3,6,9-10,12H2,1H3,(H,23,25)/b20-13+/t15-/m0/s1. The van der Waals surface area contributed by atoms with Crippen molar-refractivity contribution in [3.63, 3.8) is 0 Å². The minimum absolute atomic E-state index is 0.0585. The quantitative estimate of drug-likeness (QED) is 0.833. The van der Waals surface area contributed by atoms with Gasteiger partial charge in [-0.25, -0.2) is 0 Å². The first-order valence-corrected chi connectivity index (χ1v) is 10.2. The Balaban J connectivity index is 1.69. The van der Waals surface area contributed by atoms with E-state index in [0.29, 0.717) is 24.2 Å². The van der Waals surface area contributed by atoms with E-state index < -0.39 is 0 Å². The van der Waals surface area contributed by atoms with Crippen molar-refractivity contribution in [2.24, 2.45) is 5.92 Å². The lowest BCUT2D eigenvalue weighted by molar-refractivity contribution is -0.117. The molecule has 0 amide bonds. The van der Waals surface area contributed by atoms with Crippen LogP contribution in [0, 0.1) is 12.8 Å². The number of aryl methyl sites for hydroxylation is 1. The summed E-state index contributed by atoms with van der Waals surface area (Å²) < 4.78 is 0. The Morgan fingerprint density at radius 1 is 1.08 bits per heavy atom. The second kappa shape index (κ2) is 7.28. The van der Waals surface area contributed by atoms with Crippen LogP contribution in [0.2, 0.25) is 0 Å². The fraction of sp³-hybridized carbons (Fsp3) is 0.364. The van der Waals surface area contributed by atoms with Crippen LogP contribution in [0.4, 0.5) is 0 Å². The first-order valence-electron chi connectivity index (χ1n) is 9.29. The molecule has 2 aliphatic carbocycles. The summed E-state index contributed by atoms with van der Waals surface area (Å²) in [5.74, 6) is 0.585. The molecule has 0 bridgehead atoms. The number of nitrogens with one attached hydrogen (secondary N) is 1. The summed E-state index contributed by atoms with van der Waals surface area (Å²) in [6.07, 6.45) is 6.98. The molecule has 1 atom stereocenters. The number of H-pyrrole nitrogens is 1. The van der Waals surface area contributed by atoms with Gasteiger partial charge in [0.1, 0.15) is 5.78 Å². The number of thioether (sulfide) groups is 1. The van der Waals surface area contributed by atoms with Gasteiger partial charge < -0.3 is 4.98 Å². The van der Waals surface area contributed by atoms with Crippen LogP contribution in [0.15, 0.2) is 52.2 Å². The number of pyridine rings is 1. The lowest BCUT2D eigenvalue weighted by Gasteiger charge is -2.12. The zero-order valence-corrected chi connectivity index (χ0v) is 15.8. The van der Waals surface area contributed by atoms with Gasteiger partial charge in [0.2, 0.25) is 0 Å². The number of Topliss-reactive ketones (excluding diaryl/α,β-unsaturated/α-hetero) is 1. The maximum Gasteiger partial charge on any atom is 0.251 e. The first kappa shape index (κ1) is 17.3. The maximum atomic E-state index is 12.1. The van der Waals surface area contributed by atoms with Crippen molar-refractivity contribution < 1.29 is 4.79 Å². The zero-order valence-electron chi connectivity index (χ0n) is 15.0. The molecule has 0 unspecified atom stereocenters. The van der Waals surface area contributed by atoms with Gasteiger partial charge in [-0.2, -0.15) is 0 Å². The number of aromatic nitrogens is 1. The number of hydrogen-bond donors (Lipinski definition) is 1. The molecule has 0 saturated heterocycles. The Morgan fingerprint density at radius 2 is 1.85 bits per heavy atom. The lowest BCUT2D eigenvalue weighted by atomic mass is 9.96. The van der Waals surface area contributed by atoms with E-state index in [2.05, 4.69) is 35.3 Å². The van der Waals surface area contributed by atoms with Gasteiger partial charge in [-0.1, -0.05) is 24.3 Å². The number of hydrogen-bond acceptors (Lipinski definition) is 3. The second-order valence-electron chi connectivity index (χ2n) is 7.35. The predicted octanol–water partition coefficient (Wildman–Crippen LogP) is 4.74. The molecule has 26 heavy (non-hydrogen) atoms. The fourth-order valence-corrected chi connectivity index (χ4v) is 4.41. The first-order chi connectivity index (χ1) is 12.6. The van der Waals surface area contributed by atoms with Crippen molar-refractivity contribution in [3.8, 4) is 0 Å². The molecule has 2 aliphatic rings. The maximum absolute atomic E-state index is 12.1. The molecule has 2 fully saturated rings. The van der Waals surface area contributed by atoms with Gasteiger partial charge in [-0.3, -0.25) is 9.59 Å². The summed E-state index contributed by atoms with van der Waals surface area (Å²) in [6, 6.07) is 12.4. The van der Waals surface area contributed by atoms with E-state index in [1.807, 2.05) is 30.8 Å². The van der Waals surface area contributed by atoms with Crippen LogP contribution >= 0.6 is 11.8 Å². The van der Waals surface area contributed by atoms with Crippen molar-refractivity contribution in [3.05, 3.63) is 69.6 Å². The molecule has 3 nitrogen and oxygen atoms in total. The van der Waals surface area contributed by atoms with Crippen molar-refractivity contribution in [2.75, 3.05) is 0 Å². The summed E-state index contributed by atoms with van der Waals surface area (Å²) in [6.45, 7) is 1.81. The molecule has 4 rings (SSSR count). The number of allylic oxidation sites excluding steroid dienone is 1. The molecular formula is C22H23NO2S. The Kier molecular flexibility index (Phi) is 4.86. The smallest absolute Gasteiger partial charge is 0.251 e. The van der Waals surface area contributed by atoms with E-state index >= 15 is 0 Å². The van der Waals surface area contributed by atoms with Gasteiger partial charge in [0.05, 0.1) is 0 Å². The molecule has 1 N–H and O–H groups in total. The van der Waals surface area contributed by atoms with Gasteiger partial charge in [0.15, 0.2) is 0 Å². The lowest BCUT2D eigenvalue weighted by Crippen LogP contribution is -2.11. The molecule has 2 saturated carbocycles. The molecular weight excluding hydrogens is 342 g/mol. The minimum Gasteiger partial charge on any atom is -0.322 e. The van der Waals surface area contributed by atoms with Crippen LogP contribution in [0.1, 0.15) is 48.9 Å². The van der Waals surface area contributed by atoms with Crippen molar-refractivity contribution in [1.82, 2.24) is 4.98 Å². The van der Waals surface area contributed by atoms with Gasteiger partial charge in [-0.05, 0) is 55.9 Å². The van der Waals surface area contributed by atoms with E-state index in [4.69, 9.17) is 0 Å². The van der Waals surface area contributed by atoms with Crippen LogP contribution in [0.3, 0.4) is 0 Å². The zero-order chi connectivity index (χ0) is 18.1. The number of rotatable bonds is 5. The summed E-state index contributed by atoms with van der Waals surface area (Å²) in [7, 11) is 0. The Bertz CT molecular complexity index is 906. The molecule has 0 spiro atoms. The summed E-state index contributed by atoms with van der Waals surface area (Å²) in [5.41, 5.74) is 3.58. The van der Waals surface area contributed by atoms with E-state index in [0.717, 1.165) is 28.5 Å². The van der Waals surface area contributed by atoms with E-state index in [1.54, 1.807) is 0 Å². The monoisotopic (exact) mass is 365 g/mol. The largest absolute Gasteiger partial charge is 0.322 e.